The zero-order chi connectivity index (χ0) is 10.1. The number of pyridine rings is 2. The predicted octanol–water partition coefficient (Wildman–Crippen LogP) is 0.234. The Morgan fingerprint density at radius 2 is 2.21 bits per heavy atom. The highest BCUT2D eigenvalue weighted by Crippen LogP contribution is 2.13. The van der Waals surface area contributed by atoms with Crippen LogP contribution in [0, 0.1) is 6.07 Å². The summed E-state index contributed by atoms with van der Waals surface area (Å²) in [6, 6.07) is 6.98. The summed E-state index contributed by atoms with van der Waals surface area (Å²) in [5.74, 6) is -0.724. The van der Waals surface area contributed by atoms with Crippen molar-refractivity contribution in [2.24, 2.45) is 5.73 Å². The van der Waals surface area contributed by atoms with E-state index >= 15 is 0 Å². The summed E-state index contributed by atoms with van der Waals surface area (Å²) in [6.07, 6.45) is 0. The number of carbonyl (C=O) groups is 1. The molecule has 1 radical (unpaired) electrons. The minimum absolute atomic E-state index is 0.109. The molecular formula is C9H6N3O2. The average Bonchev–Trinajstić information content (AvgIpc) is 2.16. The third-order valence-electron chi connectivity index (χ3n) is 1.70. The number of fused-ring (bicyclic) bond motifs is 1. The highest BCUT2D eigenvalue weighted by atomic mass is 16.3. The molecule has 69 valence electrons. The smallest absolute Gasteiger partial charge is 0.267 e. The van der Waals surface area contributed by atoms with E-state index < -0.39 is 5.91 Å². The van der Waals surface area contributed by atoms with Gasteiger partial charge in [-0.15, -0.1) is 0 Å². The summed E-state index contributed by atoms with van der Waals surface area (Å²) in [7, 11) is 0. The molecule has 5 nitrogen and oxygen atoms in total. The number of aromatic nitrogens is 2. The number of amides is 1. The summed E-state index contributed by atoms with van der Waals surface area (Å²) in [5, 5.41) is 9.06. The molecular weight excluding hydrogens is 182 g/mol. The third kappa shape index (κ3) is 1.35. The molecule has 0 aromatic carbocycles. The number of carbonyl (C=O) groups excluding carboxylic acids is 1. The SMILES string of the molecule is NC(=O)c1c[c]c2nc(O)ccc2n1. The highest BCUT2D eigenvalue weighted by molar-refractivity contribution is 5.92. The molecule has 3 N–H and O–H groups in total. The first kappa shape index (κ1) is 8.43. The van der Waals surface area contributed by atoms with Crippen molar-refractivity contribution in [3.8, 4) is 5.88 Å². The third-order valence-corrected chi connectivity index (χ3v) is 1.70. The lowest BCUT2D eigenvalue weighted by Crippen LogP contribution is -2.12. The fourth-order valence-corrected chi connectivity index (χ4v) is 1.06. The molecule has 0 fully saturated rings. The topological polar surface area (TPSA) is 89.1 Å². The van der Waals surface area contributed by atoms with Crippen molar-refractivity contribution < 1.29 is 9.90 Å². The standard InChI is InChI=1S/C9H6N3O2/c10-9(14)7-2-1-6-5(11-7)3-4-8(13)12-6/h2-4H,(H2,10,14)(H,12,13). The Balaban J connectivity index is 2.67. The molecule has 0 aliphatic heterocycles. The van der Waals surface area contributed by atoms with Crippen molar-refractivity contribution in [3.05, 3.63) is 30.0 Å². The van der Waals surface area contributed by atoms with Crippen molar-refractivity contribution in [2.75, 3.05) is 0 Å². The summed E-state index contributed by atoms with van der Waals surface area (Å²) < 4.78 is 0. The van der Waals surface area contributed by atoms with E-state index in [1.807, 2.05) is 0 Å². The van der Waals surface area contributed by atoms with Crippen LogP contribution in [0.1, 0.15) is 10.5 Å². The van der Waals surface area contributed by atoms with Gasteiger partial charge in [0.25, 0.3) is 5.91 Å². The Bertz CT molecular complexity index is 510. The fourth-order valence-electron chi connectivity index (χ4n) is 1.06. The minimum Gasteiger partial charge on any atom is -0.493 e. The van der Waals surface area contributed by atoms with Crippen LogP contribution in [0.3, 0.4) is 0 Å². The van der Waals surface area contributed by atoms with E-state index in [0.29, 0.717) is 11.0 Å². The zero-order valence-electron chi connectivity index (χ0n) is 7.06. The Labute approximate surface area is 79.2 Å². The molecule has 0 atom stereocenters. The van der Waals surface area contributed by atoms with E-state index in [4.69, 9.17) is 10.8 Å². The van der Waals surface area contributed by atoms with E-state index in [1.165, 1.54) is 12.1 Å². The Kier molecular flexibility index (Phi) is 1.78. The number of hydrogen-bond acceptors (Lipinski definition) is 4. The van der Waals surface area contributed by atoms with Gasteiger partial charge < -0.3 is 10.8 Å². The number of primary amides is 1. The summed E-state index contributed by atoms with van der Waals surface area (Å²) in [6.45, 7) is 0. The first-order chi connectivity index (χ1) is 6.66. The lowest BCUT2D eigenvalue weighted by Gasteiger charge is -1.98. The van der Waals surface area contributed by atoms with Crippen molar-refractivity contribution >= 4 is 16.9 Å². The molecule has 1 amide bonds. The van der Waals surface area contributed by atoms with Gasteiger partial charge in [0, 0.05) is 12.1 Å². The van der Waals surface area contributed by atoms with Crippen LogP contribution in [0.4, 0.5) is 0 Å². The van der Waals surface area contributed by atoms with E-state index in [-0.39, 0.29) is 11.6 Å². The Morgan fingerprint density at radius 1 is 1.43 bits per heavy atom. The molecule has 0 saturated carbocycles. The van der Waals surface area contributed by atoms with Gasteiger partial charge in [-0.2, -0.15) is 0 Å². The van der Waals surface area contributed by atoms with Gasteiger partial charge in [0.2, 0.25) is 5.88 Å². The number of rotatable bonds is 1. The van der Waals surface area contributed by atoms with Crippen molar-refractivity contribution in [3.63, 3.8) is 0 Å². The van der Waals surface area contributed by atoms with E-state index in [9.17, 15) is 4.79 Å². The van der Waals surface area contributed by atoms with Crippen LogP contribution >= 0.6 is 0 Å². The molecule has 2 aromatic rings. The van der Waals surface area contributed by atoms with Crippen LogP contribution in [-0.4, -0.2) is 21.0 Å². The van der Waals surface area contributed by atoms with Gasteiger partial charge in [-0.1, -0.05) is 0 Å². The average molecular weight is 188 g/mol. The Hall–Kier alpha value is -2.17. The molecule has 14 heavy (non-hydrogen) atoms. The molecule has 2 rings (SSSR count). The molecule has 0 aliphatic carbocycles. The second-order valence-corrected chi connectivity index (χ2v) is 2.69. The van der Waals surface area contributed by atoms with Crippen LogP contribution in [0.25, 0.3) is 11.0 Å². The van der Waals surface area contributed by atoms with E-state index in [2.05, 4.69) is 16.0 Å². The van der Waals surface area contributed by atoms with E-state index in [0.717, 1.165) is 0 Å². The van der Waals surface area contributed by atoms with Crippen LogP contribution in [-0.2, 0) is 0 Å². The molecule has 2 aromatic heterocycles. The number of nitrogens with two attached hydrogens (primary N) is 1. The fraction of sp³-hybridized carbons (Fsp3) is 0. The maximum Gasteiger partial charge on any atom is 0.267 e. The van der Waals surface area contributed by atoms with Crippen molar-refractivity contribution in [1.29, 1.82) is 0 Å². The van der Waals surface area contributed by atoms with Gasteiger partial charge in [-0.25, -0.2) is 9.97 Å². The van der Waals surface area contributed by atoms with E-state index in [1.54, 1.807) is 6.07 Å². The monoisotopic (exact) mass is 188 g/mol. The minimum atomic E-state index is -0.615. The molecule has 5 heteroatoms. The lowest BCUT2D eigenvalue weighted by atomic mass is 10.2. The normalized spacial score (nSPS) is 10.3. The van der Waals surface area contributed by atoms with Crippen molar-refractivity contribution in [2.45, 2.75) is 0 Å². The summed E-state index contributed by atoms with van der Waals surface area (Å²) in [4.78, 5) is 18.5. The van der Waals surface area contributed by atoms with Crippen molar-refractivity contribution in [1.82, 2.24) is 9.97 Å². The molecule has 0 unspecified atom stereocenters. The van der Waals surface area contributed by atoms with Gasteiger partial charge in [0.05, 0.1) is 5.52 Å². The lowest BCUT2D eigenvalue weighted by molar-refractivity contribution is 0.0996. The Morgan fingerprint density at radius 3 is 2.93 bits per heavy atom. The van der Waals surface area contributed by atoms with Gasteiger partial charge >= 0.3 is 0 Å². The first-order valence-electron chi connectivity index (χ1n) is 3.85. The van der Waals surface area contributed by atoms with Crippen LogP contribution in [0.2, 0.25) is 0 Å². The van der Waals surface area contributed by atoms with Crippen LogP contribution in [0.5, 0.6) is 5.88 Å². The highest BCUT2D eigenvalue weighted by Gasteiger charge is 2.04. The summed E-state index contributed by atoms with van der Waals surface area (Å²) >= 11 is 0. The first-order valence-corrected chi connectivity index (χ1v) is 3.85. The largest absolute Gasteiger partial charge is 0.493 e. The molecule has 0 bridgehead atoms. The number of aromatic hydroxyl groups is 1. The van der Waals surface area contributed by atoms with Crippen LogP contribution < -0.4 is 5.73 Å². The quantitative estimate of drug-likeness (QED) is 0.670. The second-order valence-electron chi connectivity index (χ2n) is 2.69. The molecule has 0 spiro atoms. The maximum absolute atomic E-state index is 10.8. The van der Waals surface area contributed by atoms with Gasteiger partial charge in [0.1, 0.15) is 11.2 Å². The van der Waals surface area contributed by atoms with Crippen LogP contribution in [0.15, 0.2) is 18.2 Å². The van der Waals surface area contributed by atoms with Gasteiger partial charge in [-0.3, -0.25) is 4.79 Å². The zero-order valence-corrected chi connectivity index (χ0v) is 7.06. The second kappa shape index (κ2) is 2.95. The maximum atomic E-state index is 10.8. The molecule has 0 aliphatic rings. The summed E-state index contributed by atoms with van der Waals surface area (Å²) in [5.41, 5.74) is 6.04. The van der Waals surface area contributed by atoms with Gasteiger partial charge in [0.15, 0.2) is 0 Å². The molecule has 0 saturated heterocycles. The van der Waals surface area contributed by atoms with Gasteiger partial charge in [-0.05, 0) is 12.1 Å². The number of hydrogen-bond donors (Lipinski definition) is 2. The molecule has 2 heterocycles. The predicted molar refractivity (Wildman–Crippen MR) is 48.6 cm³/mol. The number of nitrogens with zero attached hydrogens (tertiary/aromatic N) is 2.